The number of para-hydroxylation sites is 1. The lowest BCUT2D eigenvalue weighted by Gasteiger charge is -2.20. The second-order valence-electron chi connectivity index (χ2n) is 5.37. The molecular formula is C16H12F4N4OS. The van der Waals surface area contributed by atoms with E-state index in [0.29, 0.717) is 10.6 Å². The number of amides is 1. The molecule has 0 bridgehead atoms. The first-order valence-electron chi connectivity index (χ1n) is 7.36. The highest BCUT2D eigenvalue weighted by Crippen LogP contribution is 2.27. The summed E-state index contributed by atoms with van der Waals surface area (Å²) >= 11 is 0.926. The fourth-order valence-corrected chi connectivity index (χ4v) is 3.02. The van der Waals surface area contributed by atoms with E-state index in [-0.39, 0.29) is 16.5 Å². The van der Waals surface area contributed by atoms with Crippen LogP contribution >= 0.6 is 11.3 Å². The van der Waals surface area contributed by atoms with Crippen molar-refractivity contribution >= 4 is 22.4 Å². The van der Waals surface area contributed by atoms with Gasteiger partial charge in [-0.05, 0) is 25.1 Å². The Morgan fingerprint density at radius 3 is 2.62 bits per heavy atom. The number of thiazole rings is 1. The number of anilines is 1. The molecule has 1 aromatic carbocycles. The molecule has 0 unspecified atom stereocenters. The molecule has 0 aliphatic rings. The van der Waals surface area contributed by atoms with E-state index < -0.39 is 24.4 Å². The first-order chi connectivity index (χ1) is 12.2. The Labute approximate surface area is 149 Å². The Morgan fingerprint density at radius 2 is 2.00 bits per heavy atom. The summed E-state index contributed by atoms with van der Waals surface area (Å²) in [4.78, 5) is 17.1. The molecule has 26 heavy (non-hydrogen) atoms. The van der Waals surface area contributed by atoms with Gasteiger partial charge in [0.25, 0.3) is 5.91 Å². The van der Waals surface area contributed by atoms with Gasteiger partial charge in [-0.25, -0.2) is 14.1 Å². The van der Waals surface area contributed by atoms with Gasteiger partial charge in [0.1, 0.15) is 18.0 Å². The third kappa shape index (κ3) is 3.90. The smallest absolute Gasteiger partial charge is 0.273 e. The molecule has 136 valence electrons. The number of aryl methyl sites for hydroxylation is 1. The minimum absolute atomic E-state index is 0.0785. The van der Waals surface area contributed by atoms with Gasteiger partial charge in [-0.1, -0.05) is 12.1 Å². The average molecular weight is 384 g/mol. The molecular weight excluding hydrogens is 372 g/mol. The summed E-state index contributed by atoms with van der Waals surface area (Å²) in [7, 11) is 0. The summed E-state index contributed by atoms with van der Waals surface area (Å²) in [5.74, 6) is -1.54. The summed E-state index contributed by atoms with van der Waals surface area (Å²) in [6.45, 7) is 0.120. The molecule has 3 rings (SSSR count). The van der Waals surface area contributed by atoms with Gasteiger partial charge < -0.3 is 0 Å². The Balaban J connectivity index is 1.94. The van der Waals surface area contributed by atoms with Crippen molar-refractivity contribution in [2.45, 2.75) is 13.1 Å². The van der Waals surface area contributed by atoms with Gasteiger partial charge in [0, 0.05) is 11.6 Å². The molecule has 0 atom stereocenters. The molecule has 0 aliphatic carbocycles. The van der Waals surface area contributed by atoms with Crippen molar-refractivity contribution in [3.63, 3.8) is 0 Å². The van der Waals surface area contributed by atoms with Crippen molar-refractivity contribution in [2.75, 3.05) is 11.4 Å². The highest BCUT2D eigenvalue weighted by Gasteiger charge is 2.36. The van der Waals surface area contributed by atoms with Crippen LogP contribution in [0, 0.1) is 12.7 Å². The van der Waals surface area contributed by atoms with Gasteiger partial charge >= 0.3 is 6.18 Å². The van der Waals surface area contributed by atoms with Crippen LogP contribution < -0.4 is 4.90 Å². The number of alkyl halides is 3. The Kier molecular flexibility index (Phi) is 4.77. The van der Waals surface area contributed by atoms with E-state index in [1.165, 1.54) is 30.5 Å². The van der Waals surface area contributed by atoms with Crippen molar-refractivity contribution in [1.82, 2.24) is 14.8 Å². The topological polar surface area (TPSA) is 51.0 Å². The number of benzene rings is 1. The highest BCUT2D eigenvalue weighted by atomic mass is 32.1. The van der Waals surface area contributed by atoms with Crippen molar-refractivity contribution in [1.29, 1.82) is 0 Å². The molecule has 0 saturated heterocycles. The molecule has 5 nitrogen and oxygen atoms in total. The third-order valence-electron chi connectivity index (χ3n) is 3.33. The Morgan fingerprint density at radius 1 is 1.27 bits per heavy atom. The molecule has 1 amide bonds. The molecule has 10 heteroatoms. The molecule has 2 aromatic heterocycles. The zero-order valence-electron chi connectivity index (χ0n) is 13.4. The summed E-state index contributed by atoms with van der Waals surface area (Å²) in [6, 6.07) is 6.96. The van der Waals surface area contributed by atoms with E-state index in [4.69, 9.17) is 0 Å². The van der Waals surface area contributed by atoms with Gasteiger partial charge in [-0.15, -0.1) is 11.3 Å². The fourth-order valence-electron chi connectivity index (χ4n) is 2.22. The molecule has 0 fully saturated rings. The maximum absolute atomic E-state index is 13.8. The predicted molar refractivity (Wildman–Crippen MR) is 88.1 cm³/mol. The van der Waals surface area contributed by atoms with Crippen LogP contribution in [0.1, 0.15) is 16.2 Å². The molecule has 3 aromatic rings. The predicted octanol–water partition coefficient (Wildman–Crippen LogP) is 3.99. The SMILES string of the molecule is Cc1csc(N(CC(F)(F)F)C(=O)c2ccn(-c3ccccc3F)n2)n1. The van der Waals surface area contributed by atoms with Crippen molar-refractivity contribution in [3.05, 3.63) is 59.1 Å². The van der Waals surface area contributed by atoms with Gasteiger partial charge in [0.05, 0.1) is 5.69 Å². The fraction of sp³-hybridized carbons (Fsp3) is 0.188. The van der Waals surface area contributed by atoms with Crippen LogP contribution in [-0.4, -0.2) is 33.4 Å². The summed E-state index contributed by atoms with van der Waals surface area (Å²) in [6.07, 6.45) is -3.30. The minimum atomic E-state index is -4.61. The lowest BCUT2D eigenvalue weighted by atomic mass is 10.3. The Bertz CT molecular complexity index is 934. The van der Waals surface area contributed by atoms with Crippen molar-refractivity contribution in [2.24, 2.45) is 0 Å². The lowest BCUT2D eigenvalue weighted by molar-refractivity contribution is -0.118. The first-order valence-corrected chi connectivity index (χ1v) is 8.24. The van der Waals surface area contributed by atoms with Gasteiger partial charge in [0.2, 0.25) is 0 Å². The molecule has 0 saturated carbocycles. The normalized spacial score (nSPS) is 11.6. The van der Waals surface area contributed by atoms with E-state index >= 15 is 0 Å². The number of aromatic nitrogens is 3. The van der Waals surface area contributed by atoms with Gasteiger partial charge in [0.15, 0.2) is 10.8 Å². The second kappa shape index (κ2) is 6.87. The number of hydrogen-bond donors (Lipinski definition) is 0. The van der Waals surface area contributed by atoms with Crippen LogP contribution in [-0.2, 0) is 0 Å². The zero-order valence-corrected chi connectivity index (χ0v) is 14.2. The quantitative estimate of drug-likeness (QED) is 0.640. The van der Waals surface area contributed by atoms with Crippen molar-refractivity contribution in [3.8, 4) is 5.69 Å². The van der Waals surface area contributed by atoms with Crippen LogP contribution in [0.5, 0.6) is 0 Å². The van der Waals surface area contributed by atoms with Crippen LogP contribution in [0.25, 0.3) is 5.69 Å². The maximum atomic E-state index is 13.8. The van der Waals surface area contributed by atoms with E-state index in [9.17, 15) is 22.4 Å². The lowest BCUT2D eigenvalue weighted by Crippen LogP contribution is -2.39. The summed E-state index contributed by atoms with van der Waals surface area (Å²) in [5, 5.41) is 5.39. The monoisotopic (exact) mass is 384 g/mol. The number of halogens is 4. The van der Waals surface area contributed by atoms with Crippen LogP contribution in [0.4, 0.5) is 22.7 Å². The van der Waals surface area contributed by atoms with Gasteiger partial charge in [-0.2, -0.15) is 18.3 Å². The largest absolute Gasteiger partial charge is 0.406 e. The summed E-state index contributed by atoms with van der Waals surface area (Å²) in [5.41, 5.74) is 0.339. The maximum Gasteiger partial charge on any atom is 0.406 e. The zero-order chi connectivity index (χ0) is 18.9. The second-order valence-corrected chi connectivity index (χ2v) is 6.21. The van der Waals surface area contributed by atoms with Crippen LogP contribution in [0.2, 0.25) is 0 Å². The number of carbonyl (C=O) groups excluding carboxylic acids is 1. The number of rotatable bonds is 4. The van der Waals surface area contributed by atoms with Gasteiger partial charge in [-0.3, -0.25) is 9.69 Å². The van der Waals surface area contributed by atoms with E-state index in [2.05, 4.69) is 10.1 Å². The third-order valence-corrected chi connectivity index (χ3v) is 4.31. The number of nitrogens with zero attached hydrogens (tertiary/aromatic N) is 4. The molecule has 0 N–H and O–H groups in total. The minimum Gasteiger partial charge on any atom is -0.273 e. The Hall–Kier alpha value is -2.75. The molecule has 2 heterocycles. The average Bonchev–Trinajstić information content (AvgIpc) is 3.21. The standard InChI is InChI=1S/C16H12F4N4OS/c1-10-8-26-15(21-10)23(9-16(18,19)20)14(25)12-6-7-24(22-12)13-5-3-2-4-11(13)17/h2-8H,9H2,1H3. The molecule has 0 radical (unpaired) electrons. The van der Waals surface area contributed by atoms with Crippen LogP contribution in [0.3, 0.4) is 0 Å². The highest BCUT2D eigenvalue weighted by molar-refractivity contribution is 7.14. The molecule has 0 spiro atoms. The van der Waals surface area contributed by atoms with E-state index in [0.717, 1.165) is 16.0 Å². The number of hydrogen-bond acceptors (Lipinski definition) is 4. The first kappa shape index (κ1) is 18.1. The molecule has 0 aliphatic heterocycles. The van der Waals surface area contributed by atoms with E-state index in [1.807, 2.05) is 0 Å². The van der Waals surface area contributed by atoms with Crippen molar-refractivity contribution < 1.29 is 22.4 Å². The van der Waals surface area contributed by atoms with E-state index in [1.54, 1.807) is 18.4 Å². The van der Waals surface area contributed by atoms with Crippen LogP contribution in [0.15, 0.2) is 41.9 Å². The number of carbonyl (C=O) groups is 1. The summed E-state index contributed by atoms with van der Waals surface area (Å²) < 4.78 is 53.6.